The molecule has 0 bridgehead atoms. The molecule has 0 radical (unpaired) electrons. The number of hydrogen-bond donors (Lipinski definition) is 1. The summed E-state index contributed by atoms with van der Waals surface area (Å²) in [6, 6.07) is 6.86. The van der Waals surface area contributed by atoms with E-state index in [2.05, 4.69) is 14.9 Å². The van der Waals surface area contributed by atoms with Gasteiger partial charge in [0.1, 0.15) is 6.42 Å². The Bertz CT molecular complexity index is 446. The number of carbonyl (C=O) groups excluding carboxylic acids is 2. The first-order valence-corrected chi connectivity index (χ1v) is 4.95. The molecule has 1 aromatic carbocycles. The standard InChI is InChI=1S/C12H12N2O3/c1-13-10-5-3-9(4-6-10)8-14-11(15)7-12(16)17-2/h3-6H,7-8H2,2H3,(H,14,15). The van der Waals surface area contributed by atoms with Crippen molar-refractivity contribution in [3.8, 4) is 0 Å². The summed E-state index contributed by atoms with van der Waals surface area (Å²) in [5.74, 6) is -0.947. The van der Waals surface area contributed by atoms with Crippen LogP contribution >= 0.6 is 0 Å². The Balaban J connectivity index is 2.42. The van der Waals surface area contributed by atoms with Crippen molar-refractivity contribution >= 4 is 17.6 Å². The molecule has 5 nitrogen and oxygen atoms in total. The minimum atomic E-state index is -0.564. The van der Waals surface area contributed by atoms with E-state index < -0.39 is 5.97 Å². The van der Waals surface area contributed by atoms with Crippen LogP contribution in [0.15, 0.2) is 24.3 Å². The van der Waals surface area contributed by atoms with Gasteiger partial charge in [0.15, 0.2) is 5.69 Å². The van der Waals surface area contributed by atoms with Crippen LogP contribution in [-0.2, 0) is 20.9 Å². The summed E-state index contributed by atoms with van der Waals surface area (Å²) in [7, 11) is 1.23. The van der Waals surface area contributed by atoms with Crippen molar-refractivity contribution in [3.63, 3.8) is 0 Å². The molecule has 0 unspecified atom stereocenters. The van der Waals surface area contributed by atoms with Gasteiger partial charge in [-0.2, -0.15) is 0 Å². The first-order chi connectivity index (χ1) is 8.15. The number of methoxy groups -OCH3 is 1. The van der Waals surface area contributed by atoms with Gasteiger partial charge in [0.05, 0.1) is 13.7 Å². The maximum Gasteiger partial charge on any atom is 0.315 e. The average molecular weight is 232 g/mol. The van der Waals surface area contributed by atoms with Gasteiger partial charge in [-0.3, -0.25) is 9.59 Å². The topological polar surface area (TPSA) is 59.8 Å². The summed E-state index contributed by atoms with van der Waals surface area (Å²) in [6.45, 7) is 7.11. The van der Waals surface area contributed by atoms with E-state index in [4.69, 9.17) is 6.57 Å². The molecule has 0 aliphatic carbocycles. The van der Waals surface area contributed by atoms with Gasteiger partial charge in [0.25, 0.3) is 0 Å². The molecule has 5 heteroatoms. The Kier molecular flexibility index (Phi) is 4.70. The van der Waals surface area contributed by atoms with E-state index in [1.165, 1.54) is 7.11 Å². The number of nitrogens with zero attached hydrogens (tertiary/aromatic N) is 1. The lowest BCUT2D eigenvalue weighted by molar-refractivity contribution is -0.143. The molecule has 0 saturated heterocycles. The molecule has 0 spiro atoms. The summed E-state index contributed by atoms with van der Waals surface area (Å²) in [5.41, 5.74) is 1.42. The number of benzene rings is 1. The summed E-state index contributed by atoms with van der Waals surface area (Å²) >= 11 is 0. The Morgan fingerprint density at radius 3 is 2.53 bits per heavy atom. The number of hydrogen-bond acceptors (Lipinski definition) is 3. The van der Waals surface area contributed by atoms with E-state index in [-0.39, 0.29) is 12.3 Å². The second-order valence-electron chi connectivity index (χ2n) is 3.31. The molecule has 0 aliphatic heterocycles. The third kappa shape index (κ3) is 4.34. The van der Waals surface area contributed by atoms with Gasteiger partial charge >= 0.3 is 5.97 Å². The number of ether oxygens (including phenoxy) is 1. The monoisotopic (exact) mass is 232 g/mol. The van der Waals surface area contributed by atoms with Crippen molar-refractivity contribution in [2.45, 2.75) is 13.0 Å². The van der Waals surface area contributed by atoms with Crippen molar-refractivity contribution in [1.29, 1.82) is 0 Å². The van der Waals surface area contributed by atoms with E-state index in [0.29, 0.717) is 12.2 Å². The number of amides is 1. The molecule has 0 saturated carbocycles. The maximum atomic E-state index is 11.2. The van der Waals surface area contributed by atoms with Crippen LogP contribution in [0.4, 0.5) is 5.69 Å². The lowest BCUT2D eigenvalue weighted by atomic mass is 10.2. The van der Waals surface area contributed by atoms with Crippen LogP contribution in [-0.4, -0.2) is 19.0 Å². The fourth-order valence-electron chi connectivity index (χ4n) is 1.15. The second kappa shape index (κ2) is 6.28. The van der Waals surface area contributed by atoms with Crippen molar-refractivity contribution < 1.29 is 14.3 Å². The number of rotatable bonds is 4. The fourth-order valence-corrected chi connectivity index (χ4v) is 1.15. The van der Waals surface area contributed by atoms with E-state index in [1.54, 1.807) is 24.3 Å². The first kappa shape index (κ1) is 12.7. The van der Waals surface area contributed by atoms with Crippen LogP contribution in [0.2, 0.25) is 0 Å². The maximum absolute atomic E-state index is 11.2. The van der Waals surface area contributed by atoms with Gasteiger partial charge in [0.2, 0.25) is 5.91 Å². The summed E-state index contributed by atoms with van der Waals surface area (Å²) in [5, 5.41) is 2.58. The Hall–Kier alpha value is -2.35. The van der Waals surface area contributed by atoms with E-state index in [0.717, 1.165) is 5.56 Å². The summed E-state index contributed by atoms with van der Waals surface area (Å²) in [4.78, 5) is 25.3. The zero-order valence-corrected chi connectivity index (χ0v) is 9.40. The van der Waals surface area contributed by atoms with Gasteiger partial charge < -0.3 is 10.1 Å². The zero-order valence-electron chi connectivity index (χ0n) is 9.40. The quantitative estimate of drug-likeness (QED) is 0.485. The van der Waals surface area contributed by atoms with Crippen LogP contribution in [0.25, 0.3) is 4.85 Å². The molecule has 0 heterocycles. The van der Waals surface area contributed by atoms with E-state index in [9.17, 15) is 9.59 Å². The number of nitrogens with one attached hydrogen (secondary N) is 1. The normalized spacial score (nSPS) is 9.18. The zero-order chi connectivity index (χ0) is 12.7. The molecule has 88 valence electrons. The molecule has 17 heavy (non-hydrogen) atoms. The highest BCUT2D eigenvalue weighted by Crippen LogP contribution is 2.12. The number of carbonyl (C=O) groups is 2. The Morgan fingerprint density at radius 2 is 2.00 bits per heavy atom. The lowest BCUT2D eigenvalue weighted by Crippen LogP contribution is -2.25. The van der Waals surface area contributed by atoms with Gasteiger partial charge in [-0.25, -0.2) is 4.85 Å². The molecular formula is C12H12N2O3. The Morgan fingerprint density at radius 1 is 1.35 bits per heavy atom. The van der Waals surface area contributed by atoms with Crippen LogP contribution < -0.4 is 5.32 Å². The van der Waals surface area contributed by atoms with Crippen LogP contribution in [0.1, 0.15) is 12.0 Å². The van der Waals surface area contributed by atoms with Crippen molar-refractivity contribution in [3.05, 3.63) is 41.2 Å². The highest BCUT2D eigenvalue weighted by atomic mass is 16.5. The van der Waals surface area contributed by atoms with Crippen molar-refractivity contribution in [1.82, 2.24) is 5.32 Å². The first-order valence-electron chi connectivity index (χ1n) is 4.95. The van der Waals surface area contributed by atoms with Gasteiger partial charge in [-0.05, 0) is 5.56 Å². The van der Waals surface area contributed by atoms with E-state index >= 15 is 0 Å². The molecule has 1 amide bonds. The van der Waals surface area contributed by atoms with Crippen LogP contribution in [0.3, 0.4) is 0 Å². The lowest BCUT2D eigenvalue weighted by Gasteiger charge is -2.04. The van der Waals surface area contributed by atoms with E-state index in [1.807, 2.05) is 0 Å². The summed E-state index contributed by atoms with van der Waals surface area (Å²) in [6.07, 6.45) is -0.281. The highest BCUT2D eigenvalue weighted by molar-refractivity contribution is 5.94. The second-order valence-corrected chi connectivity index (χ2v) is 3.31. The van der Waals surface area contributed by atoms with Crippen LogP contribution in [0.5, 0.6) is 0 Å². The highest BCUT2D eigenvalue weighted by Gasteiger charge is 2.08. The molecule has 0 aromatic heterocycles. The molecule has 1 aromatic rings. The predicted molar refractivity (Wildman–Crippen MR) is 61.2 cm³/mol. The van der Waals surface area contributed by atoms with Gasteiger partial charge in [0, 0.05) is 6.54 Å². The van der Waals surface area contributed by atoms with Crippen molar-refractivity contribution in [2.24, 2.45) is 0 Å². The molecule has 0 aliphatic rings. The largest absolute Gasteiger partial charge is 0.469 e. The minimum absolute atomic E-state index is 0.281. The van der Waals surface area contributed by atoms with Gasteiger partial charge in [-0.15, -0.1) is 0 Å². The predicted octanol–water partition coefficient (Wildman–Crippen LogP) is 1.42. The third-order valence-corrected chi connectivity index (χ3v) is 2.09. The molecule has 1 rings (SSSR count). The molecular weight excluding hydrogens is 220 g/mol. The smallest absolute Gasteiger partial charge is 0.315 e. The van der Waals surface area contributed by atoms with Crippen LogP contribution in [0, 0.1) is 6.57 Å². The average Bonchev–Trinajstić information content (AvgIpc) is 2.36. The van der Waals surface area contributed by atoms with Gasteiger partial charge in [-0.1, -0.05) is 24.3 Å². The molecule has 0 atom stereocenters. The minimum Gasteiger partial charge on any atom is -0.469 e. The molecule has 1 N–H and O–H groups in total. The Labute approximate surface area is 99.2 Å². The fraction of sp³-hybridized carbons (Fsp3) is 0.250. The number of esters is 1. The molecule has 0 fully saturated rings. The van der Waals surface area contributed by atoms with Crippen molar-refractivity contribution in [2.75, 3.05) is 7.11 Å². The third-order valence-electron chi connectivity index (χ3n) is 2.09. The SMILES string of the molecule is [C-]#[N+]c1ccc(CNC(=O)CC(=O)OC)cc1. The summed E-state index contributed by atoms with van der Waals surface area (Å²) < 4.78 is 4.37.